The second-order valence-electron chi connectivity index (χ2n) is 11.2. The van der Waals surface area contributed by atoms with Gasteiger partial charge in [0, 0.05) is 5.92 Å². The minimum atomic E-state index is -1.86. The van der Waals surface area contributed by atoms with Crippen molar-refractivity contribution in [3.05, 3.63) is 71.3 Å². The van der Waals surface area contributed by atoms with Crippen LogP contribution in [0.2, 0.25) is 0 Å². The Kier molecular flexibility index (Phi) is 7.53. The van der Waals surface area contributed by atoms with E-state index in [9.17, 15) is 19.2 Å². The zero-order valence-electron chi connectivity index (χ0n) is 22.8. The molecule has 1 saturated carbocycles. The lowest BCUT2D eigenvalue weighted by Crippen LogP contribution is -2.60. The summed E-state index contributed by atoms with van der Waals surface area (Å²) in [6.07, 6.45) is 2.98. The maximum absolute atomic E-state index is 14.1. The van der Waals surface area contributed by atoms with Crippen LogP contribution in [0.25, 0.3) is 0 Å². The van der Waals surface area contributed by atoms with E-state index in [4.69, 9.17) is 33.0 Å². The fourth-order valence-corrected chi connectivity index (χ4v) is 8.61. The molecule has 2 heterocycles. The summed E-state index contributed by atoms with van der Waals surface area (Å²) in [6, 6.07) is 14.3. The summed E-state index contributed by atoms with van der Waals surface area (Å²) in [5.41, 5.74) is 2.87. The highest BCUT2D eigenvalue weighted by Gasteiger charge is 2.76. The third-order valence-corrected chi connectivity index (χ3v) is 11.1. The maximum atomic E-state index is 14.1. The van der Waals surface area contributed by atoms with E-state index in [-0.39, 0.29) is 36.9 Å². The standard InChI is InChI=1S/C31H29BrCl2N2O6/c1-2-17-3-7-19(8-4-17)36-26(38)22-12-11-21-23(24(22)27(36)39)15-30(33)28(40)35(16-32)29(41)31(30,34)25(21)18-5-9-20(10-6-18)42-14-13-37/h3-11,22-25,37H,2,12-16H2,1H3. The van der Waals surface area contributed by atoms with Crippen LogP contribution >= 0.6 is 39.1 Å². The average molecular weight is 676 g/mol. The molecule has 6 atom stereocenters. The number of amides is 4. The van der Waals surface area contributed by atoms with Gasteiger partial charge in [-0.05, 0) is 60.6 Å². The number of carbonyl (C=O) groups is 4. The number of aliphatic hydroxyl groups excluding tert-OH is 1. The SMILES string of the molecule is CCc1ccc(N2C(=O)C3CC=C4C(CC5(Cl)C(=O)N(CBr)C(=O)C5(Cl)C4c4ccc(OCCO)cc4)C3C2=O)cc1. The topological polar surface area (TPSA) is 104 Å². The quantitative estimate of drug-likeness (QED) is 0.200. The Morgan fingerprint density at radius 2 is 1.67 bits per heavy atom. The first-order chi connectivity index (χ1) is 20.1. The van der Waals surface area contributed by atoms with Gasteiger partial charge in [-0.2, -0.15) is 0 Å². The fraction of sp³-hybridized carbons (Fsp3) is 0.419. The van der Waals surface area contributed by atoms with Crippen LogP contribution < -0.4 is 9.64 Å². The molecule has 11 heteroatoms. The molecule has 1 N–H and O–H groups in total. The van der Waals surface area contributed by atoms with E-state index in [0.717, 1.165) is 22.5 Å². The molecule has 0 bridgehead atoms. The van der Waals surface area contributed by atoms with Gasteiger partial charge in [-0.25, -0.2) is 0 Å². The number of fused-ring (bicyclic) bond motifs is 4. The molecule has 3 fully saturated rings. The normalized spacial score (nSPS) is 32.1. The smallest absolute Gasteiger partial charge is 0.254 e. The van der Waals surface area contributed by atoms with Gasteiger partial charge >= 0.3 is 0 Å². The number of alkyl halides is 3. The first-order valence-electron chi connectivity index (χ1n) is 13.9. The molecule has 6 unspecified atom stereocenters. The van der Waals surface area contributed by atoms with Crippen LogP contribution in [0.4, 0.5) is 5.69 Å². The molecule has 6 rings (SSSR count). The number of imide groups is 2. The highest BCUT2D eigenvalue weighted by atomic mass is 79.9. The molecule has 0 radical (unpaired) electrons. The third-order valence-electron chi connectivity index (χ3n) is 9.19. The summed E-state index contributed by atoms with van der Waals surface area (Å²) in [7, 11) is 0. The summed E-state index contributed by atoms with van der Waals surface area (Å²) >= 11 is 17.8. The van der Waals surface area contributed by atoms with E-state index in [1.54, 1.807) is 36.4 Å². The number of aliphatic hydroxyl groups is 1. The van der Waals surface area contributed by atoms with Gasteiger partial charge in [0.1, 0.15) is 12.4 Å². The highest BCUT2D eigenvalue weighted by Crippen LogP contribution is 2.65. The van der Waals surface area contributed by atoms with Crippen molar-refractivity contribution in [2.75, 3.05) is 23.6 Å². The van der Waals surface area contributed by atoms with Crippen molar-refractivity contribution in [1.82, 2.24) is 4.90 Å². The highest BCUT2D eigenvalue weighted by molar-refractivity contribution is 9.09. The summed E-state index contributed by atoms with van der Waals surface area (Å²) in [5.74, 6) is -4.16. The molecule has 2 aliphatic heterocycles. The van der Waals surface area contributed by atoms with Crippen molar-refractivity contribution in [3.63, 3.8) is 0 Å². The molecule has 2 saturated heterocycles. The van der Waals surface area contributed by atoms with Gasteiger partial charge in [0.15, 0.2) is 9.75 Å². The number of carbonyl (C=O) groups excluding carboxylic acids is 4. The van der Waals surface area contributed by atoms with Gasteiger partial charge in [-0.3, -0.25) is 29.0 Å². The van der Waals surface area contributed by atoms with Crippen molar-refractivity contribution < 1.29 is 29.0 Å². The number of nitrogens with zero attached hydrogens (tertiary/aromatic N) is 2. The molecule has 4 amide bonds. The third kappa shape index (κ3) is 4.03. The fourth-order valence-electron chi connectivity index (χ4n) is 7.18. The number of likely N-dealkylation sites (tertiary alicyclic amines) is 1. The van der Waals surface area contributed by atoms with Gasteiger partial charge in [-0.1, -0.05) is 58.8 Å². The van der Waals surface area contributed by atoms with Crippen LogP contribution in [-0.4, -0.2) is 62.1 Å². The van der Waals surface area contributed by atoms with Crippen LogP contribution in [0.1, 0.15) is 36.8 Å². The summed E-state index contributed by atoms with van der Waals surface area (Å²) in [4.78, 5) is 53.9. The minimum absolute atomic E-state index is 0.0606. The van der Waals surface area contributed by atoms with E-state index in [0.29, 0.717) is 23.4 Å². The number of anilines is 1. The van der Waals surface area contributed by atoms with Gasteiger partial charge in [0.2, 0.25) is 11.8 Å². The lowest BCUT2D eigenvalue weighted by molar-refractivity contribution is -0.138. The number of hydrogen-bond donors (Lipinski definition) is 1. The zero-order valence-corrected chi connectivity index (χ0v) is 25.9. The summed E-state index contributed by atoms with van der Waals surface area (Å²) in [5, 5.41) is 9.12. The van der Waals surface area contributed by atoms with E-state index < -0.39 is 45.2 Å². The maximum Gasteiger partial charge on any atom is 0.254 e. The number of ether oxygens (including phenoxy) is 1. The van der Waals surface area contributed by atoms with Gasteiger partial charge in [-0.15, -0.1) is 23.2 Å². The predicted octanol–water partition coefficient (Wildman–Crippen LogP) is 4.54. The van der Waals surface area contributed by atoms with Crippen LogP contribution in [0, 0.1) is 17.8 Å². The predicted molar refractivity (Wildman–Crippen MR) is 161 cm³/mol. The molecule has 0 aromatic heterocycles. The van der Waals surface area contributed by atoms with Crippen molar-refractivity contribution in [3.8, 4) is 5.75 Å². The Bertz CT molecular complexity index is 1500. The molecule has 2 aliphatic carbocycles. The number of allylic oxidation sites excluding steroid dienone is 2. The monoisotopic (exact) mass is 674 g/mol. The van der Waals surface area contributed by atoms with Crippen molar-refractivity contribution in [2.45, 2.75) is 41.9 Å². The molecule has 4 aliphatic rings. The van der Waals surface area contributed by atoms with Crippen LogP contribution in [0.3, 0.4) is 0 Å². The minimum Gasteiger partial charge on any atom is -0.491 e. The Hall–Kier alpha value is -2.72. The molecular weight excluding hydrogens is 647 g/mol. The van der Waals surface area contributed by atoms with E-state index in [2.05, 4.69) is 15.9 Å². The summed E-state index contributed by atoms with van der Waals surface area (Å²) < 4.78 is 5.51. The van der Waals surface area contributed by atoms with Crippen molar-refractivity contribution in [2.24, 2.45) is 17.8 Å². The van der Waals surface area contributed by atoms with Crippen LogP contribution in [0.5, 0.6) is 5.75 Å². The number of aryl methyl sites for hydroxylation is 1. The Balaban J connectivity index is 1.45. The van der Waals surface area contributed by atoms with Crippen LogP contribution in [-0.2, 0) is 25.6 Å². The van der Waals surface area contributed by atoms with Crippen molar-refractivity contribution >= 4 is 68.4 Å². The first-order valence-corrected chi connectivity index (χ1v) is 15.8. The molecular formula is C31H29BrCl2N2O6. The average Bonchev–Trinajstić information content (AvgIpc) is 3.34. The zero-order chi connectivity index (χ0) is 30.0. The largest absolute Gasteiger partial charge is 0.491 e. The number of rotatable bonds is 7. The van der Waals surface area contributed by atoms with Crippen molar-refractivity contribution in [1.29, 1.82) is 0 Å². The van der Waals surface area contributed by atoms with Gasteiger partial charge in [0.25, 0.3) is 11.8 Å². The first kappa shape index (κ1) is 29.4. The second-order valence-corrected chi connectivity index (χ2v) is 12.9. The molecule has 42 heavy (non-hydrogen) atoms. The molecule has 2 aromatic carbocycles. The van der Waals surface area contributed by atoms with Gasteiger partial charge in [0.05, 0.1) is 29.6 Å². The lowest BCUT2D eigenvalue weighted by atomic mass is 9.56. The lowest BCUT2D eigenvalue weighted by Gasteiger charge is -2.50. The molecule has 0 spiro atoms. The molecule has 8 nitrogen and oxygen atoms in total. The van der Waals surface area contributed by atoms with E-state index in [1.165, 1.54) is 4.90 Å². The number of halogens is 3. The Morgan fingerprint density at radius 1 is 0.976 bits per heavy atom. The van der Waals surface area contributed by atoms with Crippen LogP contribution in [0.15, 0.2) is 60.2 Å². The number of benzene rings is 2. The second kappa shape index (κ2) is 10.8. The molecule has 2 aromatic rings. The summed E-state index contributed by atoms with van der Waals surface area (Å²) in [6.45, 7) is 2.00. The Labute approximate surface area is 261 Å². The van der Waals surface area contributed by atoms with E-state index in [1.807, 2.05) is 25.1 Å². The van der Waals surface area contributed by atoms with Gasteiger partial charge < -0.3 is 9.84 Å². The van der Waals surface area contributed by atoms with E-state index >= 15 is 0 Å². The molecule has 220 valence electrons. The number of hydrogen-bond acceptors (Lipinski definition) is 6. The Morgan fingerprint density at radius 3 is 2.29 bits per heavy atom.